The Balaban J connectivity index is 0.000000771. The number of amides is 2. The molecule has 0 aromatic heterocycles. The Bertz CT molecular complexity index is 529. The summed E-state index contributed by atoms with van der Waals surface area (Å²) in [6, 6.07) is 5.27. The Morgan fingerprint density at radius 3 is 2.33 bits per heavy atom. The van der Waals surface area contributed by atoms with Gasteiger partial charge in [0.2, 0.25) is 0 Å². The van der Waals surface area contributed by atoms with Gasteiger partial charge in [-0.1, -0.05) is 45.2 Å². The molecule has 3 nitrogen and oxygen atoms in total. The number of benzene rings is 1. The molecule has 0 saturated heterocycles. The van der Waals surface area contributed by atoms with E-state index in [0.717, 1.165) is 10.5 Å². The molecule has 1 heterocycles. The minimum atomic E-state index is -0.355. The lowest BCUT2D eigenvalue weighted by atomic mass is 9.90. The quantitative estimate of drug-likeness (QED) is 0.561. The fourth-order valence-electron chi connectivity index (χ4n) is 1.84. The van der Waals surface area contributed by atoms with Crippen molar-refractivity contribution in [3.63, 3.8) is 0 Å². The molecule has 0 atom stereocenters. The van der Waals surface area contributed by atoms with Gasteiger partial charge >= 0.3 is 0 Å². The maximum Gasteiger partial charge on any atom is 0.261 e. The van der Waals surface area contributed by atoms with Crippen LogP contribution in [-0.2, 0) is 4.79 Å². The van der Waals surface area contributed by atoms with Crippen molar-refractivity contribution in [2.24, 2.45) is 0 Å². The fraction of sp³-hybridized carbons (Fsp3) is 0.200. The average molecular weight is 243 g/mol. The first-order valence-electron chi connectivity index (χ1n) is 5.85. The average Bonchev–Trinajstić information content (AvgIpc) is 2.44. The van der Waals surface area contributed by atoms with E-state index in [1.165, 1.54) is 7.05 Å². The molecule has 3 heteroatoms. The molecule has 1 aromatic rings. The predicted octanol–water partition coefficient (Wildman–Crippen LogP) is 2.98. The molecular weight excluding hydrogens is 226 g/mol. The van der Waals surface area contributed by atoms with E-state index in [1.807, 2.05) is 19.9 Å². The summed E-state index contributed by atoms with van der Waals surface area (Å²) < 4.78 is 0. The summed E-state index contributed by atoms with van der Waals surface area (Å²) in [5.41, 5.74) is 2.21. The first-order valence-corrected chi connectivity index (χ1v) is 5.85. The van der Waals surface area contributed by atoms with Gasteiger partial charge in [0.1, 0.15) is 0 Å². The van der Waals surface area contributed by atoms with Gasteiger partial charge in [0.25, 0.3) is 11.8 Å². The summed E-state index contributed by atoms with van der Waals surface area (Å²) in [5, 5.41) is 0. The van der Waals surface area contributed by atoms with E-state index in [-0.39, 0.29) is 11.8 Å². The van der Waals surface area contributed by atoms with Crippen molar-refractivity contribution in [1.82, 2.24) is 4.90 Å². The van der Waals surface area contributed by atoms with E-state index in [0.29, 0.717) is 16.7 Å². The Morgan fingerprint density at radius 2 is 1.78 bits per heavy atom. The fourth-order valence-corrected chi connectivity index (χ4v) is 1.84. The number of likely N-dealkylation sites (N-methyl/N-ethyl adjacent to an activating group) is 1. The van der Waals surface area contributed by atoms with E-state index < -0.39 is 0 Å². The van der Waals surface area contributed by atoms with Gasteiger partial charge in [0.05, 0.1) is 0 Å². The second-order valence-corrected chi connectivity index (χ2v) is 3.62. The third kappa shape index (κ3) is 1.99. The number of imide groups is 1. The standard InChI is InChI=1S/C13H11NO2.C2H6/c1-4-9-6-5-7-10-11(9)8(2)12(15)14(3)13(10)16;1-2/h4-7H,1-2H2,3H3;1-2H3. The molecule has 2 amide bonds. The number of hydrogen-bond donors (Lipinski definition) is 0. The summed E-state index contributed by atoms with van der Waals surface area (Å²) in [6.45, 7) is 11.4. The van der Waals surface area contributed by atoms with Gasteiger partial charge in [-0.15, -0.1) is 0 Å². The molecule has 0 unspecified atom stereocenters. The highest BCUT2D eigenvalue weighted by Gasteiger charge is 2.32. The number of rotatable bonds is 1. The van der Waals surface area contributed by atoms with Crippen molar-refractivity contribution in [2.75, 3.05) is 7.05 Å². The number of carbonyl (C=O) groups is 2. The van der Waals surface area contributed by atoms with E-state index in [9.17, 15) is 9.59 Å². The molecule has 94 valence electrons. The van der Waals surface area contributed by atoms with Crippen LogP contribution < -0.4 is 0 Å². The first kappa shape index (κ1) is 13.9. The zero-order chi connectivity index (χ0) is 13.9. The van der Waals surface area contributed by atoms with Gasteiger partial charge in [-0.25, -0.2) is 0 Å². The lowest BCUT2D eigenvalue weighted by molar-refractivity contribution is -0.121. The second kappa shape index (κ2) is 5.45. The van der Waals surface area contributed by atoms with Gasteiger partial charge in [-0.05, 0) is 11.6 Å². The van der Waals surface area contributed by atoms with Crippen LogP contribution in [0.15, 0.2) is 31.4 Å². The largest absolute Gasteiger partial charge is 0.277 e. The van der Waals surface area contributed by atoms with E-state index in [2.05, 4.69) is 13.2 Å². The zero-order valence-electron chi connectivity index (χ0n) is 11.0. The Morgan fingerprint density at radius 1 is 1.17 bits per heavy atom. The van der Waals surface area contributed by atoms with Crippen LogP contribution in [0.1, 0.15) is 35.3 Å². The highest BCUT2D eigenvalue weighted by atomic mass is 16.2. The molecule has 2 rings (SSSR count). The molecule has 18 heavy (non-hydrogen) atoms. The third-order valence-electron chi connectivity index (χ3n) is 2.72. The van der Waals surface area contributed by atoms with Crippen LogP contribution >= 0.6 is 0 Å². The van der Waals surface area contributed by atoms with Crippen LogP contribution in [0.5, 0.6) is 0 Å². The minimum Gasteiger partial charge on any atom is -0.277 e. The number of carbonyl (C=O) groups excluding carboxylic acids is 2. The Hall–Kier alpha value is -2.16. The predicted molar refractivity (Wildman–Crippen MR) is 74.0 cm³/mol. The van der Waals surface area contributed by atoms with Gasteiger partial charge in [-0.3, -0.25) is 14.5 Å². The lowest BCUT2D eigenvalue weighted by Gasteiger charge is -2.25. The molecule has 1 aromatic carbocycles. The van der Waals surface area contributed by atoms with Crippen molar-refractivity contribution in [1.29, 1.82) is 0 Å². The number of hydrogen-bond acceptors (Lipinski definition) is 2. The summed E-state index contributed by atoms with van der Waals surface area (Å²) in [5.74, 6) is -0.650. The first-order chi connectivity index (χ1) is 8.57. The topological polar surface area (TPSA) is 37.4 Å². The van der Waals surface area contributed by atoms with Crippen molar-refractivity contribution in [2.45, 2.75) is 13.8 Å². The lowest BCUT2D eigenvalue weighted by Crippen LogP contribution is -2.38. The second-order valence-electron chi connectivity index (χ2n) is 3.62. The Kier molecular flexibility index (Phi) is 4.21. The van der Waals surface area contributed by atoms with Gasteiger partial charge in [-0.2, -0.15) is 0 Å². The van der Waals surface area contributed by atoms with Crippen LogP contribution in [0.2, 0.25) is 0 Å². The summed E-state index contributed by atoms with van der Waals surface area (Å²) in [7, 11) is 1.46. The van der Waals surface area contributed by atoms with Gasteiger partial charge in [0.15, 0.2) is 0 Å². The molecule has 1 aliphatic heterocycles. The summed E-state index contributed by atoms with van der Waals surface area (Å²) >= 11 is 0. The van der Waals surface area contributed by atoms with Crippen molar-refractivity contribution < 1.29 is 9.59 Å². The van der Waals surface area contributed by atoms with Crippen molar-refractivity contribution in [3.05, 3.63) is 48.0 Å². The molecule has 0 fully saturated rings. The maximum absolute atomic E-state index is 11.9. The minimum absolute atomic E-state index is 0.295. The third-order valence-corrected chi connectivity index (χ3v) is 2.72. The van der Waals surface area contributed by atoms with Crippen LogP contribution in [-0.4, -0.2) is 23.8 Å². The SMILES string of the molecule is C=Cc1cccc2c1C(=C)C(=O)N(C)C2=O.CC. The maximum atomic E-state index is 11.9. The Labute approximate surface area is 107 Å². The monoisotopic (exact) mass is 243 g/mol. The molecule has 0 spiro atoms. The highest BCUT2D eigenvalue weighted by molar-refractivity contribution is 6.30. The molecule has 1 aliphatic rings. The zero-order valence-corrected chi connectivity index (χ0v) is 11.0. The van der Waals surface area contributed by atoms with Crippen molar-refractivity contribution in [3.8, 4) is 0 Å². The van der Waals surface area contributed by atoms with Crippen LogP contribution in [0, 0.1) is 0 Å². The molecule has 0 radical (unpaired) electrons. The molecule has 0 saturated carbocycles. The van der Waals surface area contributed by atoms with Gasteiger partial charge in [0, 0.05) is 23.7 Å². The van der Waals surface area contributed by atoms with Crippen LogP contribution in [0.25, 0.3) is 11.6 Å². The van der Waals surface area contributed by atoms with Gasteiger partial charge < -0.3 is 0 Å². The molecular formula is C15H17NO2. The van der Waals surface area contributed by atoms with Crippen LogP contribution in [0.4, 0.5) is 0 Å². The van der Waals surface area contributed by atoms with E-state index in [4.69, 9.17) is 0 Å². The molecule has 0 aliphatic carbocycles. The molecule has 0 N–H and O–H groups in total. The van der Waals surface area contributed by atoms with Crippen LogP contribution in [0.3, 0.4) is 0 Å². The smallest absolute Gasteiger partial charge is 0.261 e. The van der Waals surface area contributed by atoms with E-state index in [1.54, 1.807) is 18.2 Å². The summed E-state index contributed by atoms with van der Waals surface area (Å²) in [6.07, 6.45) is 1.62. The highest BCUT2D eigenvalue weighted by Crippen LogP contribution is 2.30. The number of fused-ring (bicyclic) bond motifs is 1. The number of nitrogens with zero attached hydrogens (tertiary/aromatic N) is 1. The van der Waals surface area contributed by atoms with E-state index >= 15 is 0 Å². The normalized spacial score (nSPS) is 13.7. The summed E-state index contributed by atoms with van der Waals surface area (Å²) in [4.78, 5) is 24.7. The molecule has 0 bridgehead atoms. The van der Waals surface area contributed by atoms with Crippen molar-refractivity contribution >= 4 is 23.5 Å².